The van der Waals surface area contributed by atoms with E-state index in [-0.39, 0.29) is 11.9 Å². The van der Waals surface area contributed by atoms with Crippen molar-refractivity contribution in [2.75, 3.05) is 32.7 Å². The maximum absolute atomic E-state index is 7.70. The third kappa shape index (κ3) is 3.48. The molecule has 6 nitrogen and oxygen atoms in total. The minimum atomic E-state index is -0.0817. The van der Waals surface area contributed by atoms with E-state index >= 15 is 0 Å². The van der Waals surface area contributed by atoms with E-state index in [0.29, 0.717) is 18.7 Å². The first-order valence-corrected chi connectivity index (χ1v) is 6.65. The standard InChI is InChI=1S/C15H20N4O2/c1-20-9-10(21-2)7-19-14-11-5-3-4-6-13(11)18-8-12(14)15(16)17/h3-6,8,10H,7,9H2,1-2H3,(H3,16,17)(H,18,19). The molecule has 2 aromatic rings. The smallest absolute Gasteiger partial charge is 0.126 e. The van der Waals surface area contributed by atoms with Gasteiger partial charge in [0, 0.05) is 32.3 Å². The van der Waals surface area contributed by atoms with Gasteiger partial charge in [-0.3, -0.25) is 10.4 Å². The Morgan fingerprint density at radius 3 is 2.81 bits per heavy atom. The summed E-state index contributed by atoms with van der Waals surface area (Å²) in [5, 5.41) is 11.9. The van der Waals surface area contributed by atoms with Crippen LogP contribution in [0, 0.1) is 5.41 Å². The zero-order valence-electron chi connectivity index (χ0n) is 12.2. The fourth-order valence-electron chi connectivity index (χ4n) is 2.15. The first kappa shape index (κ1) is 15.2. The molecule has 1 heterocycles. The maximum atomic E-state index is 7.70. The Kier molecular flexibility index (Phi) is 5.08. The third-order valence-electron chi connectivity index (χ3n) is 3.26. The van der Waals surface area contributed by atoms with Crippen molar-refractivity contribution in [1.29, 1.82) is 5.41 Å². The van der Waals surface area contributed by atoms with E-state index in [0.717, 1.165) is 16.6 Å². The van der Waals surface area contributed by atoms with E-state index in [2.05, 4.69) is 10.3 Å². The molecule has 2 rings (SSSR count). The van der Waals surface area contributed by atoms with E-state index in [1.807, 2.05) is 24.3 Å². The van der Waals surface area contributed by atoms with Crippen molar-refractivity contribution in [3.05, 3.63) is 36.0 Å². The summed E-state index contributed by atoms with van der Waals surface area (Å²) in [5.74, 6) is -0.0172. The highest BCUT2D eigenvalue weighted by atomic mass is 16.5. The number of rotatable bonds is 7. The SMILES string of the molecule is COCC(CNc1c(C(=N)N)cnc2ccccc12)OC. The van der Waals surface area contributed by atoms with Crippen LogP contribution in [0.5, 0.6) is 0 Å². The number of anilines is 1. The van der Waals surface area contributed by atoms with E-state index in [4.69, 9.17) is 20.6 Å². The molecule has 0 amide bonds. The highest BCUT2D eigenvalue weighted by Crippen LogP contribution is 2.25. The monoisotopic (exact) mass is 288 g/mol. The van der Waals surface area contributed by atoms with Crippen LogP contribution in [0.2, 0.25) is 0 Å². The fourth-order valence-corrected chi connectivity index (χ4v) is 2.15. The second kappa shape index (κ2) is 7.01. The Morgan fingerprint density at radius 2 is 2.14 bits per heavy atom. The number of aromatic nitrogens is 1. The van der Waals surface area contributed by atoms with Gasteiger partial charge in [-0.05, 0) is 6.07 Å². The van der Waals surface area contributed by atoms with Crippen molar-refractivity contribution in [3.63, 3.8) is 0 Å². The Hall–Kier alpha value is -2.18. The maximum Gasteiger partial charge on any atom is 0.126 e. The number of methoxy groups -OCH3 is 2. The number of para-hydroxylation sites is 1. The number of fused-ring (bicyclic) bond motifs is 1. The molecule has 0 aliphatic heterocycles. The summed E-state index contributed by atoms with van der Waals surface area (Å²) in [6.45, 7) is 1.04. The molecule has 0 bridgehead atoms. The van der Waals surface area contributed by atoms with Gasteiger partial charge in [0.1, 0.15) is 5.84 Å². The molecule has 0 spiro atoms. The van der Waals surface area contributed by atoms with E-state index in [1.165, 1.54) is 0 Å². The minimum Gasteiger partial charge on any atom is -0.384 e. The molecular weight excluding hydrogens is 268 g/mol. The van der Waals surface area contributed by atoms with E-state index < -0.39 is 0 Å². The molecular formula is C15H20N4O2. The number of amidine groups is 1. The Balaban J connectivity index is 2.35. The quantitative estimate of drug-likeness (QED) is 0.531. The molecule has 6 heteroatoms. The minimum absolute atomic E-state index is 0.0172. The van der Waals surface area contributed by atoms with Crippen molar-refractivity contribution >= 4 is 22.4 Å². The van der Waals surface area contributed by atoms with Gasteiger partial charge in [0.25, 0.3) is 0 Å². The summed E-state index contributed by atoms with van der Waals surface area (Å²) < 4.78 is 10.4. The average Bonchev–Trinajstić information content (AvgIpc) is 2.50. The lowest BCUT2D eigenvalue weighted by Crippen LogP contribution is -2.27. The molecule has 4 N–H and O–H groups in total. The van der Waals surface area contributed by atoms with Crippen LogP contribution in [0.15, 0.2) is 30.5 Å². The average molecular weight is 288 g/mol. The number of nitrogens with one attached hydrogen (secondary N) is 2. The molecule has 0 fully saturated rings. The largest absolute Gasteiger partial charge is 0.384 e. The zero-order chi connectivity index (χ0) is 15.2. The molecule has 1 unspecified atom stereocenters. The van der Waals surface area contributed by atoms with E-state index in [9.17, 15) is 0 Å². The molecule has 1 atom stereocenters. The van der Waals surface area contributed by atoms with Gasteiger partial charge in [0.05, 0.1) is 29.5 Å². The second-order valence-electron chi connectivity index (χ2n) is 4.67. The van der Waals surface area contributed by atoms with Gasteiger partial charge < -0.3 is 20.5 Å². The van der Waals surface area contributed by atoms with Crippen molar-refractivity contribution in [3.8, 4) is 0 Å². The molecule has 0 radical (unpaired) electrons. The van der Waals surface area contributed by atoms with Crippen molar-refractivity contribution in [1.82, 2.24) is 4.98 Å². The number of nitrogen functional groups attached to an aromatic ring is 1. The number of hydrogen-bond donors (Lipinski definition) is 3. The summed E-state index contributed by atoms with van der Waals surface area (Å²) in [7, 11) is 3.27. The van der Waals surface area contributed by atoms with Gasteiger partial charge in [0.15, 0.2) is 0 Å². The first-order valence-electron chi connectivity index (χ1n) is 6.65. The lowest BCUT2D eigenvalue weighted by molar-refractivity contribution is 0.0366. The highest BCUT2D eigenvalue weighted by molar-refractivity contribution is 6.07. The molecule has 112 valence electrons. The Bertz CT molecular complexity index is 630. The number of pyridine rings is 1. The number of benzene rings is 1. The third-order valence-corrected chi connectivity index (χ3v) is 3.26. The molecule has 1 aromatic carbocycles. The molecule has 21 heavy (non-hydrogen) atoms. The van der Waals surface area contributed by atoms with Crippen LogP contribution >= 0.6 is 0 Å². The number of nitrogens with two attached hydrogens (primary N) is 1. The summed E-state index contributed by atoms with van der Waals surface area (Å²) in [6.07, 6.45) is 1.53. The van der Waals surface area contributed by atoms with Crippen LogP contribution in [0.4, 0.5) is 5.69 Å². The van der Waals surface area contributed by atoms with Crippen molar-refractivity contribution in [2.45, 2.75) is 6.10 Å². The van der Waals surface area contributed by atoms with Gasteiger partial charge in [-0.2, -0.15) is 0 Å². The number of hydrogen-bond acceptors (Lipinski definition) is 5. The Morgan fingerprint density at radius 1 is 1.38 bits per heavy atom. The molecule has 0 saturated carbocycles. The summed E-state index contributed by atoms with van der Waals surface area (Å²) in [6, 6.07) is 7.74. The van der Waals surface area contributed by atoms with Crippen LogP contribution in [-0.4, -0.2) is 44.3 Å². The van der Waals surface area contributed by atoms with Crippen LogP contribution in [0.25, 0.3) is 10.9 Å². The van der Waals surface area contributed by atoms with Crippen LogP contribution in [0.3, 0.4) is 0 Å². The number of nitrogens with zero attached hydrogens (tertiary/aromatic N) is 1. The lowest BCUT2D eigenvalue weighted by atomic mass is 10.1. The van der Waals surface area contributed by atoms with Gasteiger partial charge >= 0.3 is 0 Å². The lowest BCUT2D eigenvalue weighted by Gasteiger charge is -2.18. The van der Waals surface area contributed by atoms with Gasteiger partial charge in [0.2, 0.25) is 0 Å². The predicted octanol–water partition coefficient (Wildman–Crippen LogP) is 1.59. The van der Waals surface area contributed by atoms with Gasteiger partial charge in [-0.1, -0.05) is 18.2 Å². The van der Waals surface area contributed by atoms with Gasteiger partial charge in [-0.15, -0.1) is 0 Å². The summed E-state index contributed by atoms with van der Waals surface area (Å²) in [5.41, 5.74) is 7.88. The van der Waals surface area contributed by atoms with Crippen molar-refractivity contribution < 1.29 is 9.47 Å². The van der Waals surface area contributed by atoms with Crippen LogP contribution < -0.4 is 11.1 Å². The topological polar surface area (TPSA) is 93.2 Å². The molecule has 0 saturated heterocycles. The number of ether oxygens (including phenoxy) is 2. The second-order valence-corrected chi connectivity index (χ2v) is 4.67. The highest BCUT2D eigenvalue weighted by Gasteiger charge is 2.13. The van der Waals surface area contributed by atoms with Crippen LogP contribution in [-0.2, 0) is 9.47 Å². The van der Waals surface area contributed by atoms with Crippen LogP contribution in [0.1, 0.15) is 5.56 Å². The summed E-state index contributed by atoms with van der Waals surface area (Å²) >= 11 is 0. The first-order chi connectivity index (χ1) is 10.2. The normalized spacial score (nSPS) is 12.3. The predicted molar refractivity (Wildman–Crippen MR) is 83.9 cm³/mol. The summed E-state index contributed by atoms with van der Waals surface area (Å²) in [4.78, 5) is 4.33. The van der Waals surface area contributed by atoms with Crippen molar-refractivity contribution in [2.24, 2.45) is 5.73 Å². The zero-order valence-corrected chi connectivity index (χ0v) is 12.2. The Labute approximate surface area is 123 Å². The van der Waals surface area contributed by atoms with Gasteiger partial charge in [-0.25, -0.2) is 0 Å². The molecule has 1 aromatic heterocycles. The molecule has 0 aliphatic rings. The fraction of sp³-hybridized carbons (Fsp3) is 0.333. The van der Waals surface area contributed by atoms with E-state index in [1.54, 1.807) is 20.4 Å². The molecule has 0 aliphatic carbocycles.